The second kappa shape index (κ2) is 9.91. The lowest BCUT2D eigenvalue weighted by atomic mass is 9.70. The molecule has 0 spiro atoms. The number of ether oxygens (including phenoxy) is 1. The largest absolute Gasteiger partial charge is 0.459 e. The number of aliphatic hydroxyl groups excluding tert-OH is 1. The fourth-order valence-electron chi connectivity index (χ4n) is 5.98. The van der Waals surface area contributed by atoms with Crippen LogP contribution in [0, 0.1) is 17.8 Å². The number of furan rings is 1. The van der Waals surface area contributed by atoms with Gasteiger partial charge in [-0.2, -0.15) is 0 Å². The van der Waals surface area contributed by atoms with Crippen molar-refractivity contribution < 1.29 is 23.8 Å². The minimum atomic E-state index is -0.288. The van der Waals surface area contributed by atoms with Gasteiger partial charge in [0, 0.05) is 18.7 Å². The van der Waals surface area contributed by atoms with Gasteiger partial charge >= 0.3 is 0 Å². The number of carbonyl (C=O) groups is 2. The van der Waals surface area contributed by atoms with Gasteiger partial charge in [-0.3, -0.25) is 19.5 Å². The van der Waals surface area contributed by atoms with Gasteiger partial charge in [-0.1, -0.05) is 18.6 Å². The van der Waals surface area contributed by atoms with E-state index in [1.165, 1.54) is 16.0 Å². The SMILES string of the molecule is CCCN1C(=O)[C@@H]2[C@@H](CC(C)=C3[C@@H](CC/C(=C/c4ccc(CO)o4)c4ccccn4)OC[C@@H]32)C1=O. The molecule has 184 valence electrons. The fourth-order valence-corrected chi connectivity index (χ4v) is 5.98. The maximum absolute atomic E-state index is 13.2. The van der Waals surface area contributed by atoms with Crippen LogP contribution in [-0.2, 0) is 20.9 Å². The Hall–Kier alpha value is -3.03. The van der Waals surface area contributed by atoms with E-state index in [0.717, 1.165) is 24.1 Å². The van der Waals surface area contributed by atoms with Crippen LogP contribution in [-0.4, -0.2) is 46.1 Å². The third kappa shape index (κ3) is 4.39. The van der Waals surface area contributed by atoms with Crippen molar-refractivity contribution in [3.63, 3.8) is 0 Å². The van der Waals surface area contributed by atoms with Crippen molar-refractivity contribution in [3.8, 4) is 0 Å². The molecule has 2 amide bonds. The molecule has 1 aliphatic carbocycles. The highest BCUT2D eigenvalue weighted by Gasteiger charge is 2.56. The molecule has 2 aromatic rings. The third-order valence-electron chi connectivity index (χ3n) is 7.52. The molecule has 2 aliphatic heterocycles. The number of hydrogen-bond donors (Lipinski definition) is 1. The molecule has 2 fully saturated rings. The highest BCUT2D eigenvalue weighted by molar-refractivity contribution is 6.05. The van der Waals surface area contributed by atoms with E-state index in [0.29, 0.717) is 37.5 Å². The standard InChI is InChI=1S/C28H32N2O5/c1-3-12-30-27(32)21-13-17(2)25-22(26(21)28(30)33)16-34-24(25)10-7-18(23-6-4-5-11-29-23)14-19-8-9-20(15-31)35-19/h4-6,8-9,11,14,21-22,24,26,31H,3,7,10,12-13,15-16H2,1-2H3/b18-14-/t21-,22+,24-,26-/m1/s1. The highest BCUT2D eigenvalue weighted by Crippen LogP contribution is 2.49. The summed E-state index contributed by atoms with van der Waals surface area (Å²) >= 11 is 0. The number of likely N-dealkylation sites (tertiary alicyclic amines) is 1. The van der Waals surface area contributed by atoms with Gasteiger partial charge in [-0.25, -0.2) is 0 Å². The van der Waals surface area contributed by atoms with Crippen LogP contribution >= 0.6 is 0 Å². The molecule has 7 heteroatoms. The van der Waals surface area contributed by atoms with E-state index in [1.807, 2.05) is 37.3 Å². The number of hydrogen-bond acceptors (Lipinski definition) is 6. The summed E-state index contributed by atoms with van der Waals surface area (Å²) in [7, 11) is 0. The number of amides is 2. The molecule has 0 unspecified atom stereocenters. The molecule has 4 heterocycles. The van der Waals surface area contributed by atoms with Crippen LogP contribution in [0.1, 0.15) is 56.7 Å². The van der Waals surface area contributed by atoms with Crippen LogP contribution in [0.25, 0.3) is 11.6 Å². The van der Waals surface area contributed by atoms with Crippen LogP contribution in [0.4, 0.5) is 0 Å². The molecule has 5 rings (SSSR count). The van der Waals surface area contributed by atoms with Crippen molar-refractivity contribution in [1.29, 1.82) is 0 Å². The van der Waals surface area contributed by atoms with E-state index in [4.69, 9.17) is 9.15 Å². The van der Waals surface area contributed by atoms with E-state index in [1.54, 1.807) is 12.3 Å². The van der Waals surface area contributed by atoms with Crippen LogP contribution in [0.5, 0.6) is 0 Å². The molecule has 7 nitrogen and oxygen atoms in total. The number of aliphatic hydroxyl groups is 1. The van der Waals surface area contributed by atoms with Gasteiger partial charge < -0.3 is 14.3 Å². The molecule has 2 aromatic heterocycles. The molecule has 3 aliphatic rings. The smallest absolute Gasteiger partial charge is 0.233 e. The Balaban J connectivity index is 1.37. The second-order valence-electron chi connectivity index (χ2n) is 9.71. The summed E-state index contributed by atoms with van der Waals surface area (Å²) in [6, 6.07) is 9.42. The first kappa shape index (κ1) is 23.7. The minimum absolute atomic E-state index is 0.00947. The quantitative estimate of drug-likeness (QED) is 0.453. The van der Waals surface area contributed by atoms with Crippen molar-refractivity contribution in [2.45, 2.75) is 52.2 Å². The predicted octanol–water partition coefficient (Wildman–Crippen LogP) is 4.23. The third-order valence-corrected chi connectivity index (χ3v) is 7.52. The van der Waals surface area contributed by atoms with Gasteiger partial charge in [0.25, 0.3) is 0 Å². The van der Waals surface area contributed by atoms with Crippen molar-refractivity contribution in [1.82, 2.24) is 9.88 Å². The number of carbonyl (C=O) groups excluding carboxylic acids is 2. The predicted molar refractivity (Wildman–Crippen MR) is 131 cm³/mol. The average molecular weight is 477 g/mol. The zero-order valence-electron chi connectivity index (χ0n) is 20.3. The van der Waals surface area contributed by atoms with Crippen molar-refractivity contribution in [3.05, 3.63) is 64.9 Å². The number of aromatic nitrogens is 1. The first-order valence-corrected chi connectivity index (χ1v) is 12.5. The van der Waals surface area contributed by atoms with Crippen molar-refractivity contribution in [2.24, 2.45) is 17.8 Å². The van der Waals surface area contributed by atoms with Gasteiger partial charge in [0.2, 0.25) is 11.8 Å². The van der Waals surface area contributed by atoms with Gasteiger partial charge in [-0.05, 0) is 74.1 Å². The fraction of sp³-hybridized carbons (Fsp3) is 0.464. The van der Waals surface area contributed by atoms with Gasteiger partial charge in [0.15, 0.2) is 0 Å². The minimum Gasteiger partial charge on any atom is -0.459 e. The van der Waals surface area contributed by atoms with E-state index in [9.17, 15) is 14.7 Å². The first-order valence-electron chi connectivity index (χ1n) is 12.5. The molecule has 0 aromatic carbocycles. The van der Waals surface area contributed by atoms with Gasteiger partial charge in [0.1, 0.15) is 18.1 Å². The molecule has 0 saturated carbocycles. The molecular weight excluding hydrogens is 444 g/mol. The molecule has 4 atom stereocenters. The average Bonchev–Trinajstić information content (AvgIpc) is 3.56. The number of allylic oxidation sites excluding steroid dienone is 2. The number of fused-ring (bicyclic) bond motifs is 3. The van der Waals surface area contributed by atoms with E-state index >= 15 is 0 Å². The summed E-state index contributed by atoms with van der Waals surface area (Å²) in [6.07, 6.45) is 6.53. The molecular formula is C28H32N2O5. The zero-order chi connectivity index (χ0) is 24.5. The van der Waals surface area contributed by atoms with Gasteiger partial charge in [-0.15, -0.1) is 0 Å². The molecule has 0 radical (unpaired) electrons. The van der Waals surface area contributed by atoms with Crippen molar-refractivity contribution in [2.75, 3.05) is 13.2 Å². The Bertz CT molecular complexity index is 1170. The van der Waals surface area contributed by atoms with Crippen LogP contribution < -0.4 is 0 Å². The van der Waals surface area contributed by atoms with Crippen LogP contribution in [0.2, 0.25) is 0 Å². The Morgan fingerprint density at radius 2 is 2.06 bits per heavy atom. The Labute approximate surface area is 205 Å². The lowest BCUT2D eigenvalue weighted by Gasteiger charge is -2.30. The summed E-state index contributed by atoms with van der Waals surface area (Å²) < 4.78 is 12.0. The Morgan fingerprint density at radius 1 is 1.20 bits per heavy atom. The highest BCUT2D eigenvalue weighted by atomic mass is 16.5. The second-order valence-corrected chi connectivity index (χ2v) is 9.71. The number of pyridine rings is 1. The normalized spacial score (nSPS) is 26.5. The topological polar surface area (TPSA) is 92.9 Å². The summed E-state index contributed by atoms with van der Waals surface area (Å²) in [5.41, 5.74) is 4.29. The number of nitrogens with zero attached hydrogens (tertiary/aromatic N) is 2. The monoisotopic (exact) mass is 476 g/mol. The van der Waals surface area contributed by atoms with E-state index < -0.39 is 0 Å². The molecule has 2 saturated heterocycles. The lowest BCUT2D eigenvalue weighted by Crippen LogP contribution is -2.34. The van der Waals surface area contributed by atoms with E-state index in [-0.39, 0.29) is 42.3 Å². The summed E-state index contributed by atoms with van der Waals surface area (Å²) in [4.78, 5) is 32.1. The maximum atomic E-state index is 13.2. The van der Waals surface area contributed by atoms with Gasteiger partial charge in [0.05, 0.1) is 30.2 Å². The Kier molecular flexibility index (Phi) is 6.71. The zero-order valence-corrected chi connectivity index (χ0v) is 20.3. The molecule has 1 N–H and O–H groups in total. The summed E-state index contributed by atoms with van der Waals surface area (Å²) in [5.74, 6) is 0.609. The van der Waals surface area contributed by atoms with Crippen molar-refractivity contribution >= 4 is 23.5 Å². The molecule has 35 heavy (non-hydrogen) atoms. The number of rotatable bonds is 8. The maximum Gasteiger partial charge on any atom is 0.233 e. The van der Waals surface area contributed by atoms with Crippen LogP contribution in [0.3, 0.4) is 0 Å². The summed E-state index contributed by atoms with van der Waals surface area (Å²) in [5, 5.41) is 9.33. The lowest BCUT2D eigenvalue weighted by molar-refractivity contribution is -0.140. The van der Waals surface area contributed by atoms with Crippen LogP contribution in [0.15, 0.2) is 52.1 Å². The first-order chi connectivity index (χ1) is 17.0. The number of imide groups is 1. The summed E-state index contributed by atoms with van der Waals surface area (Å²) in [6.45, 7) is 4.93. The Morgan fingerprint density at radius 3 is 2.77 bits per heavy atom. The van der Waals surface area contributed by atoms with E-state index in [2.05, 4.69) is 11.9 Å². The molecule has 0 bridgehead atoms.